The summed E-state index contributed by atoms with van der Waals surface area (Å²) in [4.78, 5) is 16.0. The van der Waals surface area contributed by atoms with Crippen LogP contribution >= 0.6 is 12.4 Å². The largest absolute Gasteiger partial charge is 0.337 e. The number of benzene rings is 1. The Morgan fingerprint density at radius 2 is 2.17 bits per heavy atom. The topological polar surface area (TPSA) is 92.1 Å². The zero-order valence-corrected chi connectivity index (χ0v) is 14.2. The van der Waals surface area contributed by atoms with Crippen molar-refractivity contribution >= 4 is 24.1 Å². The van der Waals surface area contributed by atoms with Crippen LogP contribution in [0, 0.1) is 6.92 Å². The fourth-order valence-electron chi connectivity index (χ4n) is 1.87. The van der Waals surface area contributed by atoms with Crippen molar-refractivity contribution in [3.8, 4) is 0 Å². The molecule has 0 aliphatic heterocycles. The number of amides is 2. The molecule has 2 rings (SSSR count). The molecule has 1 aromatic carbocycles. The van der Waals surface area contributed by atoms with Gasteiger partial charge in [-0.15, -0.1) is 12.4 Å². The van der Waals surface area contributed by atoms with Gasteiger partial charge < -0.3 is 20.5 Å². The van der Waals surface area contributed by atoms with Crippen molar-refractivity contribution in [1.29, 1.82) is 0 Å². The number of hydrogen-bond donors (Lipinski definition) is 3. The van der Waals surface area contributed by atoms with Gasteiger partial charge in [0.15, 0.2) is 5.82 Å². The predicted molar refractivity (Wildman–Crippen MR) is 90.8 cm³/mol. The second-order valence-electron chi connectivity index (χ2n) is 5.18. The fraction of sp³-hybridized carbons (Fsp3) is 0.400. The van der Waals surface area contributed by atoms with Gasteiger partial charge in [0.2, 0.25) is 5.89 Å². The fourth-order valence-corrected chi connectivity index (χ4v) is 1.87. The molecule has 0 aliphatic rings. The third-order valence-corrected chi connectivity index (χ3v) is 3.17. The van der Waals surface area contributed by atoms with E-state index in [-0.39, 0.29) is 31.0 Å². The lowest BCUT2D eigenvalue weighted by Crippen LogP contribution is -2.28. The highest BCUT2D eigenvalue weighted by molar-refractivity contribution is 5.89. The van der Waals surface area contributed by atoms with Crippen molar-refractivity contribution in [3.05, 3.63) is 41.5 Å². The summed E-state index contributed by atoms with van der Waals surface area (Å²) in [7, 11) is 1.88. The van der Waals surface area contributed by atoms with Crippen LogP contribution in [-0.2, 0) is 13.0 Å². The molecule has 8 heteroatoms. The number of aryl methyl sites for hydroxylation is 1. The Hall–Kier alpha value is -2.12. The molecule has 0 saturated heterocycles. The standard InChI is InChI=1S/C15H21N5O2.ClH/c1-10-5-4-6-12(7-10)18-15(21)17-9-14-19-13(20-22-14)8-11(2)16-3;/h4-7,11,16H,8-9H2,1-3H3,(H2,17,18,21);1H. The average molecular weight is 340 g/mol. The molecule has 3 N–H and O–H groups in total. The van der Waals surface area contributed by atoms with E-state index in [0.29, 0.717) is 18.1 Å². The highest BCUT2D eigenvalue weighted by Crippen LogP contribution is 2.09. The monoisotopic (exact) mass is 339 g/mol. The average Bonchev–Trinajstić information content (AvgIpc) is 2.92. The van der Waals surface area contributed by atoms with E-state index in [9.17, 15) is 4.79 Å². The van der Waals surface area contributed by atoms with Crippen molar-refractivity contribution in [2.75, 3.05) is 12.4 Å². The number of hydrogen-bond acceptors (Lipinski definition) is 5. The molecular weight excluding hydrogens is 318 g/mol. The summed E-state index contributed by atoms with van der Waals surface area (Å²) in [5, 5.41) is 12.4. The molecule has 0 bridgehead atoms. The van der Waals surface area contributed by atoms with Crippen molar-refractivity contribution in [2.24, 2.45) is 0 Å². The first-order chi connectivity index (χ1) is 10.6. The van der Waals surface area contributed by atoms with E-state index in [0.717, 1.165) is 11.3 Å². The molecule has 0 fully saturated rings. The summed E-state index contributed by atoms with van der Waals surface area (Å²) in [6.45, 7) is 4.19. The van der Waals surface area contributed by atoms with Crippen LogP contribution in [0.5, 0.6) is 0 Å². The van der Waals surface area contributed by atoms with Gasteiger partial charge in [-0.05, 0) is 38.6 Å². The SMILES string of the molecule is CNC(C)Cc1noc(CNC(=O)Nc2cccc(C)c2)n1.Cl. The summed E-state index contributed by atoms with van der Waals surface area (Å²) < 4.78 is 5.10. The Labute approximate surface area is 141 Å². The van der Waals surface area contributed by atoms with Gasteiger partial charge in [0.05, 0.1) is 6.54 Å². The van der Waals surface area contributed by atoms with Gasteiger partial charge in [-0.3, -0.25) is 0 Å². The lowest BCUT2D eigenvalue weighted by Gasteiger charge is -2.06. The maximum atomic E-state index is 11.8. The van der Waals surface area contributed by atoms with Crippen LogP contribution in [0.2, 0.25) is 0 Å². The minimum absolute atomic E-state index is 0. The number of anilines is 1. The van der Waals surface area contributed by atoms with Gasteiger partial charge in [-0.25, -0.2) is 4.79 Å². The molecule has 1 unspecified atom stereocenters. The minimum atomic E-state index is -0.311. The maximum absolute atomic E-state index is 11.8. The van der Waals surface area contributed by atoms with Gasteiger partial charge in [0.1, 0.15) is 0 Å². The van der Waals surface area contributed by atoms with Crippen molar-refractivity contribution in [1.82, 2.24) is 20.8 Å². The molecular formula is C15H22ClN5O2. The Morgan fingerprint density at radius 1 is 1.39 bits per heavy atom. The van der Waals surface area contributed by atoms with Crippen molar-refractivity contribution in [2.45, 2.75) is 32.9 Å². The molecule has 0 spiro atoms. The first kappa shape index (κ1) is 18.9. The molecule has 0 aliphatic carbocycles. The first-order valence-electron chi connectivity index (χ1n) is 7.17. The smallest absolute Gasteiger partial charge is 0.319 e. The number of carbonyl (C=O) groups excluding carboxylic acids is 1. The molecule has 126 valence electrons. The van der Waals surface area contributed by atoms with E-state index in [4.69, 9.17) is 4.52 Å². The lowest BCUT2D eigenvalue weighted by atomic mass is 10.2. The molecule has 2 amide bonds. The number of nitrogens with one attached hydrogen (secondary N) is 3. The van der Waals surface area contributed by atoms with E-state index in [1.807, 2.05) is 45.2 Å². The van der Waals surface area contributed by atoms with Crippen LogP contribution in [0.25, 0.3) is 0 Å². The van der Waals surface area contributed by atoms with E-state index in [1.165, 1.54) is 0 Å². The molecule has 7 nitrogen and oxygen atoms in total. The second-order valence-corrected chi connectivity index (χ2v) is 5.18. The molecule has 1 heterocycles. The highest BCUT2D eigenvalue weighted by Gasteiger charge is 2.10. The van der Waals surface area contributed by atoms with Gasteiger partial charge in [-0.1, -0.05) is 17.3 Å². The summed E-state index contributed by atoms with van der Waals surface area (Å²) in [6, 6.07) is 7.53. The van der Waals surface area contributed by atoms with Crippen LogP contribution in [0.1, 0.15) is 24.2 Å². The summed E-state index contributed by atoms with van der Waals surface area (Å²) >= 11 is 0. The minimum Gasteiger partial charge on any atom is -0.337 e. The Kier molecular flexibility index (Phi) is 7.50. The van der Waals surface area contributed by atoms with Crippen LogP contribution in [0.4, 0.5) is 10.5 Å². The van der Waals surface area contributed by atoms with E-state index >= 15 is 0 Å². The number of urea groups is 1. The number of aromatic nitrogens is 2. The van der Waals surface area contributed by atoms with Crippen molar-refractivity contribution in [3.63, 3.8) is 0 Å². The van der Waals surface area contributed by atoms with Crippen LogP contribution < -0.4 is 16.0 Å². The summed E-state index contributed by atoms with van der Waals surface area (Å²) in [5.74, 6) is 1.01. The number of nitrogens with zero attached hydrogens (tertiary/aromatic N) is 2. The first-order valence-corrected chi connectivity index (χ1v) is 7.17. The number of halogens is 1. The maximum Gasteiger partial charge on any atom is 0.319 e. The zero-order valence-electron chi connectivity index (χ0n) is 13.4. The van der Waals surface area contributed by atoms with E-state index < -0.39 is 0 Å². The molecule has 0 radical (unpaired) electrons. The third-order valence-electron chi connectivity index (χ3n) is 3.17. The van der Waals surface area contributed by atoms with Crippen LogP contribution in [0.3, 0.4) is 0 Å². The Morgan fingerprint density at radius 3 is 2.87 bits per heavy atom. The predicted octanol–water partition coefficient (Wildman–Crippen LogP) is 2.27. The molecule has 2 aromatic rings. The molecule has 1 atom stereocenters. The normalized spacial score (nSPS) is 11.4. The number of rotatable bonds is 6. The molecule has 0 saturated carbocycles. The van der Waals surface area contributed by atoms with Gasteiger partial charge in [-0.2, -0.15) is 4.98 Å². The quantitative estimate of drug-likeness (QED) is 0.751. The Balaban J connectivity index is 0.00000264. The highest BCUT2D eigenvalue weighted by atomic mass is 35.5. The number of likely N-dealkylation sites (N-methyl/N-ethyl adjacent to an activating group) is 1. The van der Waals surface area contributed by atoms with E-state index in [1.54, 1.807) is 0 Å². The van der Waals surface area contributed by atoms with Gasteiger partial charge in [0.25, 0.3) is 0 Å². The van der Waals surface area contributed by atoms with Crippen LogP contribution in [0.15, 0.2) is 28.8 Å². The third kappa shape index (κ3) is 6.25. The van der Waals surface area contributed by atoms with Gasteiger partial charge >= 0.3 is 6.03 Å². The zero-order chi connectivity index (χ0) is 15.9. The summed E-state index contributed by atoms with van der Waals surface area (Å²) in [5.41, 5.74) is 1.82. The molecule has 1 aromatic heterocycles. The van der Waals surface area contributed by atoms with Gasteiger partial charge in [0, 0.05) is 18.2 Å². The molecule has 23 heavy (non-hydrogen) atoms. The summed E-state index contributed by atoms with van der Waals surface area (Å²) in [6.07, 6.45) is 0.676. The van der Waals surface area contributed by atoms with E-state index in [2.05, 4.69) is 26.1 Å². The Bertz CT molecular complexity index is 632. The van der Waals surface area contributed by atoms with Crippen molar-refractivity contribution < 1.29 is 9.32 Å². The lowest BCUT2D eigenvalue weighted by molar-refractivity contribution is 0.249. The number of carbonyl (C=O) groups is 1. The van der Waals surface area contributed by atoms with Crippen LogP contribution in [-0.4, -0.2) is 29.3 Å². The second kappa shape index (κ2) is 9.12.